The molecule has 0 saturated carbocycles. The van der Waals surface area contributed by atoms with Crippen molar-refractivity contribution in [3.63, 3.8) is 0 Å². The average molecular weight is 329 g/mol. The molecule has 0 aliphatic carbocycles. The quantitative estimate of drug-likeness (QED) is 0.910. The Hall–Kier alpha value is -2.40. The van der Waals surface area contributed by atoms with Crippen LogP contribution < -0.4 is 24.7 Å². The van der Waals surface area contributed by atoms with E-state index in [1.807, 2.05) is 44.2 Å². The maximum atomic E-state index is 6.41. The summed E-state index contributed by atoms with van der Waals surface area (Å²) in [6, 6.07) is 11.4. The van der Waals surface area contributed by atoms with Crippen LogP contribution in [0.4, 0.5) is 0 Å². The van der Waals surface area contributed by atoms with E-state index in [0.29, 0.717) is 29.6 Å². The maximum absolute atomic E-state index is 6.41. The SMILES string of the molecule is COc1cc2c(c(OCc3ccccc3)c1OC)C(N)C(C)(C)O2. The van der Waals surface area contributed by atoms with Gasteiger partial charge in [0.05, 0.1) is 25.8 Å². The van der Waals surface area contributed by atoms with E-state index >= 15 is 0 Å². The van der Waals surface area contributed by atoms with Crippen LogP contribution >= 0.6 is 0 Å². The number of hydrogen-bond acceptors (Lipinski definition) is 5. The van der Waals surface area contributed by atoms with E-state index in [-0.39, 0.29) is 6.04 Å². The Labute approximate surface area is 142 Å². The zero-order chi connectivity index (χ0) is 17.3. The first kappa shape index (κ1) is 16.5. The fourth-order valence-corrected chi connectivity index (χ4v) is 2.90. The number of nitrogens with two attached hydrogens (primary N) is 1. The number of hydrogen-bond donors (Lipinski definition) is 1. The summed E-state index contributed by atoms with van der Waals surface area (Å²) in [6.07, 6.45) is 0. The largest absolute Gasteiger partial charge is 0.493 e. The van der Waals surface area contributed by atoms with Crippen LogP contribution in [0, 0.1) is 0 Å². The summed E-state index contributed by atoms with van der Waals surface area (Å²) < 4.78 is 23.1. The Kier molecular flexibility index (Phi) is 4.28. The molecule has 0 bridgehead atoms. The first-order valence-corrected chi connectivity index (χ1v) is 7.88. The highest BCUT2D eigenvalue weighted by atomic mass is 16.5. The first-order chi connectivity index (χ1) is 11.5. The van der Waals surface area contributed by atoms with Gasteiger partial charge in [-0.1, -0.05) is 30.3 Å². The van der Waals surface area contributed by atoms with Crippen molar-refractivity contribution in [1.82, 2.24) is 0 Å². The molecule has 1 atom stereocenters. The highest BCUT2D eigenvalue weighted by Gasteiger charge is 2.43. The molecular formula is C19H23NO4. The van der Waals surface area contributed by atoms with Crippen molar-refractivity contribution in [2.24, 2.45) is 5.73 Å². The van der Waals surface area contributed by atoms with Crippen LogP contribution in [0.1, 0.15) is 31.0 Å². The minimum atomic E-state index is -0.523. The lowest BCUT2D eigenvalue weighted by Crippen LogP contribution is -2.35. The summed E-state index contributed by atoms with van der Waals surface area (Å²) in [4.78, 5) is 0. The number of rotatable bonds is 5. The van der Waals surface area contributed by atoms with Gasteiger partial charge in [0.25, 0.3) is 0 Å². The molecule has 0 fully saturated rings. The third-order valence-electron chi connectivity index (χ3n) is 4.29. The lowest BCUT2D eigenvalue weighted by atomic mass is 9.94. The van der Waals surface area contributed by atoms with Gasteiger partial charge in [0.1, 0.15) is 18.0 Å². The van der Waals surface area contributed by atoms with E-state index in [1.54, 1.807) is 20.3 Å². The Morgan fingerprint density at radius 2 is 1.79 bits per heavy atom. The topological polar surface area (TPSA) is 62.9 Å². The number of fused-ring (bicyclic) bond motifs is 1. The number of ether oxygens (including phenoxy) is 4. The zero-order valence-electron chi connectivity index (χ0n) is 14.5. The molecule has 0 saturated heterocycles. The van der Waals surface area contributed by atoms with E-state index < -0.39 is 5.60 Å². The van der Waals surface area contributed by atoms with Gasteiger partial charge < -0.3 is 24.7 Å². The van der Waals surface area contributed by atoms with Crippen LogP contribution in [0.2, 0.25) is 0 Å². The number of methoxy groups -OCH3 is 2. The Morgan fingerprint density at radius 1 is 1.08 bits per heavy atom. The second kappa shape index (κ2) is 6.24. The van der Waals surface area contributed by atoms with Crippen molar-refractivity contribution in [1.29, 1.82) is 0 Å². The van der Waals surface area contributed by atoms with Gasteiger partial charge in [0.2, 0.25) is 5.75 Å². The zero-order valence-corrected chi connectivity index (χ0v) is 14.5. The van der Waals surface area contributed by atoms with Crippen LogP contribution in [0.3, 0.4) is 0 Å². The highest BCUT2D eigenvalue weighted by Crippen LogP contribution is 2.54. The molecule has 1 heterocycles. The van der Waals surface area contributed by atoms with E-state index in [0.717, 1.165) is 11.1 Å². The molecule has 5 heteroatoms. The van der Waals surface area contributed by atoms with Gasteiger partial charge in [0.15, 0.2) is 11.5 Å². The van der Waals surface area contributed by atoms with Crippen molar-refractivity contribution in [3.05, 3.63) is 47.5 Å². The van der Waals surface area contributed by atoms with Gasteiger partial charge in [-0.25, -0.2) is 0 Å². The second-order valence-electron chi connectivity index (χ2n) is 6.31. The lowest BCUT2D eigenvalue weighted by molar-refractivity contribution is 0.111. The third kappa shape index (κ3) is 2.76. The number of benzene rings is 2. The van der Waals surface area contributed by atoms with Crippen LogP contribution in [-0.4, -0.2) is 19.8 Å². The highest BCUT2D eigenvalue weighted by molar-refractivity contribution is 5.64. The van der Waals surface area contributed by atoms with Crippen LogP contribution in [0.25, 0.3) is 0 Å². The minimum absolute atomic E-state index is 0.321. The van der Waals surface area contributed by atoms with Crippen molar-refractivity contribution in [2.75, 3.05) is 14.2 Å². The van der Waals surface area contributed by atoms with E-state index in [2.05, 4.69) is 0 Å². The second-order valence-corrected chi connectivity index (χ2v) is 6.31. The van der Waals surface area contributed by atoms with Gasteiger partial charge in [-0.05, 0) is 19.4 Å². The lowest BCUT2D eigenvalue weighted by Gasteiger charge is -2.23. The third-order valence-corrected chi connectivity index (χ3v) is 4.29. The molecule has 0 aromatic heterocycles. The Balaban J connectivity index is 2.04. The molecule has 0 amide bonds. The van der Waals surface area contributed by atoms with Crippen LogP contribution in [0.15, 0.2) is 36.4 Å². The van der Waals surface area contributed by atoms with Crippen molar-refractivity contribution < 1.29 is 18.9 Å². The van der Waals surface area contributed by atoms with Crippen molar-refractivity contribution >= 4 is 0 Å². The first-order valence-electron chi connectivity index (χ1n) is 7.88. The molecule has 5 nitrogen and oxygen atoms in total. The maximum Gasteiger partial charge on any atom is 0.203 e. The molecule has 1 aliphatic heterocycles. The fourth-order valence-electron chi connectivity index (χ4n) is 2.90. The van der Waals surface area contributed by atoms with Gasteiger partial charge >= 0.3 is 0 Å². The van der Waals surface area contributed by atoms with Gasteiger partial charge in [-0.2, -0.15) is 0 Å². The van der Waals surface area contributed by atoms with Gasteiger partial charge in [0, 0.05) is 6.07 Å². The summed E-state index contributed by atoms with van der Waals surface area (Å²) in [7, 11) is 3.18. The molecule has 128 valence electrons. The normalized spacial score (nSPS) is 17.8. The fraction of sp³-hybridized carbons (Fsp3) is 0.368. The van der Waals surface area contributed by atoms with Crippen molar-refractivity contribution in [2.45, 2.75) is 32.1 Å². The molecule has 0 radical (unpaired) electrons. The molecule has 2 N–H and O–H groups in total. The van der Waals surface area contributed by atoms with E-state index in [1.165, 1.54) is 0 Å². The van der Waals surface area contributed by atoms with Crippen molar-refractivity contribution in [3.8, 4) is 23.0 Å². The summed E-state index contributed by atoms with van der Waals surface area (Å²) >= 11 is 0. The van der Waals surface area contributed by atoms with Gasteiger partial charge in [-0.15, -0.1) is 0 Å². The molecule has 2 aromatic carbocycles. The molecular weight excluding hydrogens is 306 g/mol. The molecule has 2 aromatic rings. The Bertz CT molecular complexity index is 728. The summed E-state index contributed by atoms with van der Waals surface area (Å²) in [6.45, 7) is 4.32. The van der Waals surface area contributed by atoms with Gasteiger partial charge in [-0.3, -0.25) is 0 Å². The summed E-state index contributed by atoms with van der Waals surface area (Å²) in [5.41, 5.74) is 7.76. The predicted octanol–water partition coefficient (Wildman–Crippen LogP) is 3.45. The average Bonchev–Trinajstić information content (AvgIpc) is 2.81. The predicted molar refractivity (Wildman–Crippen MR) is 92.0 cm³/mol. The van der Waals surface area contributed by atoms with Crippen LogP contribution in [-0.2, 0) is 6.61 Å². The Morgan fingerprint density at radius 3 is 2.42 bits per heavy atom. The standard InChI is InChI=1S/C19H23NO4/c1-19(2)18(20)15-13(24-19)10-14(21-3)16(22-4)17(15)23-11-12-8-6-5-7-9-12/h5-10,18H,11,20H2,1-4H3. The van der Waals surface area contributed by atoms with E-state index in [4.69, 9.17) is 24.7 Å². The minimum Gasteiger partial charge on any atom is -0.493 e. The monoisotopic (exact) mass is 329 g/mol. The smallest absolute Gasteiger partial charge is 0.203 e. The molecule has 3 rings (SSSR count). The molecule has 24 heavy (non-hydrogen) atoms. The van der Waals surface area contributed by atoms with E-state index in [9.17, 15) is 0 Å². The molecule has 1 aliphatic rings. The summed E-state index contributed by atoms with van der Waals surface area (Å²) in [5.74, 6) is 2.34. The molecule has 0 spiro atoms. The van der Waals surface area contributed by atoms with Crippen LogP contribution in [0.5, 0.6) is 23.0 Å². The summed E-state index contributed by atoms with van der Waals surface area (Å²) in [5, 5.41) is 0. The molecule has 1 unspecified atom stereocenters.